The van der Waals surface area contributed by atoms with Crippen LogP contribution in [-0.2, 0) is 16.0 Å². The molecule has 0 bridgehead atoms. The van der Waals surface area contributed by atoms with Crippen LogP contribution in [0, 0.1) is 5.82 Å². The zero-order valence-corrected chi connectivity index (χ0v) is 17.8. The highest BCUT2D eigenvalue weighted by atomic mass is 35.5. The van der Waals surface area contributed by atoms with Crippen molar-refractivity contribution in [3.63, 3.8) is 0 Å². The molecule has 3 rings (SSSR count). The Balaban J connectivity index is 0.00000341. The summed E-state index contributed by atoms with van der Waals surface area (Å²) in [5.41, 5.74) is 1.74. The molecule has 5 nitrogen and oxygen atoms in total. The lowest BCUT2D eigenvalue weighted by atomic mass is 10.1. The number of aryl methyl sites for hydroxylation is 1. The number of hydrogen-bond acceptors (Lipinski definition) is 3. The highest BCUT2D eigenvalue weighted by Crippen LogP contribution is 2.28. The molecule has 2 aromatic rings. The van der Waals surface area contributed by atoms with Crippen molar-refractivity contribution in [3.8, 4) is 0 Å². The number of aliphatic hydroxyl groups is 1. The SMILES string of the molecule is C.C[C@@H](c1ccc(F)cc1)N1CC(C(=O)NCCCc2ccc(Cl)c(Cl)c2)=C(O)C1=O. The quantitative estimate of drug-likeness (QED) is 0.548. The van der Waals surface area contributed by atoms with Crippen molar-refractivity contribution in [2.24, 2.45) is 0 Å². The minimum atomic E-state index is -0.618. The third-order valence-corrected chi connectivity index (χ3v) is 5.82. The first-order valence-electron chi connectivity index (χ1n) is 9.48. The number of rotatable bonds is 7. The number of hydrogen-bond donors (Lipinski definition) is 2. The van der Waals surface area contributed by atoms with Gasteiger partial charge in [-0.2, -0.15) is 0 Å². The summed E-state index contributed by atoms with van der Waals surface area (Å²) >= 11 is 11.9. The second-order valence-electron chi connectivity index (χ2n) is 7.10. The fourth-order valence-corrected chi connectivity index (χ4v) is 3.61. The van der Waals surface area contributed by atoms with Gasteiger partial charge in [0.2, 0.25) is 0 Å². The number of benzene rings is 2. The van der Waals surface area contributed by atoms with Gasteiger partial charge in [0.15, 0.2) is 5.76 Å². The number of amides is 2. The van der Waals surface area contributed by atoms with Crippen molar-refractivity contribution in [3.05, 3.63) is 80.8 Å². The average Bonchev–Trinajstić information content (AvgIpc) is 3.03. The maximum Gasteiger partial charge on any atom is 0.290 e. The normalized spacial score (nSPS) is 14.5. The number of halogens is 3. The molecule has 1 aliphatic rings. The van der Waals surface area contributed by atoms with Crippen molar-refractivity contribution >= 4 is 35.0 Å². The molecule has 0 aromatic heterocycles. The molecule has 0 aliphatic carbocycles. The Bertz CT molecular complexity index is 993. The molecular weight excluding hydrogens is 442 g/mol. The van der Waals surface area contributed by atoms with Crippen molar-refractivity contribution in [1.82, 2.24) is 10.2 Å². The van der Waals surface area contributed by atoms with Gasteiger partial charge in [0.25, 0.3) is 11.8 Å². The maximum absolute atomic E-state index is 13.1. The zero-order valence-electron chi connectivity index (χ0n) is 16.3. The van der Waals surface area contributed by atoms with E-state index in [1.807, 2.05) is 6.07 Å². The van der Waals surface area contributed by atoms with Crippen LogP contribution in [0.15, 0.2) is 53.8 Å². The van der Waals surface area contributed by atoms with Crippen LogP contribution in [0.25, 0.3) is 0 Å². The van der Waals surface area contributed by atoms with E-state index in [1.165, 1.54) is 17.0 Å². The molecule has 2 aromatic carbocycles. The Kier molecular flexibility index (Phi) is 8.48. The second-order valence-corrected chi connectivity index (χ2v) is 7.91. The summed E-state index contributed by atoms with van der Waals surface area (Å²) < 4.78 is 13.1. The summed E-state index contributed by atoms with van der Waals surface area (Å²) in [5, 5.41) is 13.9. The van der Waals surface area contributed by atoms with Gasteiger partial charge in [-0.25, -0.2) is 4.39 Å². The summed E-state index contributed by atoms with van der Waals surface area (Å²) in [5.74, 6) is -2.02. The summed E-state index contributed by atoms with van der Waals surface area (Å²) in [6.07, 6.45) is 1.34. The minimum absolute atomic E-state index is 0. The predicted molar refractivity (Wildman–Crippen MR) is 121 cm³/mol. The maximum atomic E-state index is 13.1. The van der Waals surface area contributed by atoms with E-state index in [1.54, 1.807) is 31.2 Å². The lowest BCUT2D eigenvalue weighted by molar-refractivity contribution is -0.129. The Hall–Kier alpha value is -2.57. The van der Waals surface area contributed by atoms with Gasteiger partial charge in [-0.3, -0.25) is 9.59 Å². The fourth-order valence-electron chi connectivity index (χ4n) is 3.29. The molecule has 0 spiro atoms. The van der Waals surface area contributed by atoms with Gasteiger partial charge in [-0.05, 0) is 55.2 Å². The van der Waals surface area contributed by atoms with E-state index in [-0.39, 0.29) is 25.4 Å². The summed E-state index contributed by atoms with van der Waals surface area (Å²) in [6.45, 7) is 2.12. The molecule has 2 N–H and O–H groups in total. The molecule has 0 radical (unpaired) electrons. The molecule has 166 valence electrons. The molecule has 0 saturated carbocycles. The molecular formula is C23H25Cl2FN2O3. The van der Waals surface area contributed by atoms with Crippen molar-refractivity contribution < 1.29 is 19.1 Å². The Labute approximate surface area is 191 Å². The molecule has 0 unspecified atom stereocenters. The Morgan fingerprint density at radius 2 is 1.87 bits per heavy atom. The smallest absolute Gasteiger partial charge is 0.290 e. The van der Waals surface area contributed by atoms with Crippen LogP contribution in [0.3, 0.4) is 0 Å². The highest BCUT2D eigenvalue weighted by molar-refractivity contribution is 6.42. The number of aliphatic hydroxyl groups excluding tert-OH is 1. The minimum Gasteiger partial charge on any atom is -0.503 e. The fraction of sp³-hybridized carbons (Fsp3) is 0.304. The van der Waals surface area contributed by atoms with Crippen LogP contribution in [0.4, 0.5) is 4.39 Å². The van der Waals surface area contributed by atoms with Gasteiger partial charge < -0.3 is 15.3 Å². The monoisotopic (exact) mass is 466 g/mol. The molecule has 1 heterocycles. The summed E-state index contributed by atoms with van der Waals surface area (Å²) in [7, 11) is 0. The standard InChI is InChI=1S/C22H21Cl2FN2O3.CH4/c1-13(15-5-7-16(25)8-6-15)27-12-17(20(28)22(27)30)21(29)26-10-2-3-14-4-9-18(23)19(24)11-14;/h4-9,11,13,28H,2-3,10,12H2,1H3,(H,26,29);1H4/t13-;/m0./s1. The van der Waals surface area contributed by atoms with Gasteiger partial charge in [-0.1, -0.05) is 48.8 Å². The van der Waals surface area contributed by atoms with E-state index in [9.17, 15) is 19.1 Å². The molecule has 0 fully saturated rings. The van der Waals surface area contributed by atoms with Crippen LogP contribution in [0.2, 0.25) is 10.0 Å². The lowest BCUT2D eigenvalue weighted by Crippen LogP contribution is -2.32. The molecule has 1 aliphatic heterocycles. The Morgan fingerprint density at radius 3 is 2.52 bits per heavy atom. The summed E-state index contributed by atoms with van der Waals surface area (Å²) in [4.78, 5) is 26.3. The number of nitrogens with one attached hydrogen (secondary N) is 1. The Morgan fingerprint density at radius 1 is 1.19 bits per heavy atom. The molecule has 0 saturated heterocycles. The largest absolute Gasteiger partial charge is 0.503 e. The van der Waals surface area contributed by atoms with Crippen LogP contribution in [0.5, 0.6) is 0 Å². The molecule has 2 amide bonds. The first kappa shape index (κ1) is 24.7. The van der Waals surface area contributed by atoms with Crippen LogP contribution < -0.4 is 5.32 Å². The van der Waals surface area contributed by atoms with E-state index in [0.29, 0.717) is 35.0 Å². The molecule has 8 heteroatoms. The van der Waals surface area contributed by atoms with Crippen molar-refractivity contribution in [2.45, 2.75) is 33.2 Å². The van der Waals surface area contributed by atoms with Gasteiger partial charge in [-0.15, -0.1) is 0 Å². The van der Waals surface area contributed by atoms with E-state index in [4.69, 9.17) is 23.2 Å². The lowest BCUT2D eigenvalue weighted by Gasteiger charge is -2.24. The van der Waals surface area contributed by atoms with Gasteiger partial charge in [0.1, 0.15) is 5.82 Å². The van der Waals surface area contributed by atoms with E-state index in [2.05, 4.69) is 5.32 Å². The van der Waals surface area contributed by atoms with Crippen LogP contribution >= 0.6 is 23.2 Å². The van der Waals surface area contributed by atoms with Crippen molar-refractivity contribution in [2.75, 3.05) is 13.1 Å². The average molecular weight is 467 g/mol. The number of carbonyl (C=O) groups is 2. The van der Waals surface area contributed by atoms with Crippen LogP contribution in [0.1, 0.15) is 37.9 Å². The van der Waals surface area contributed by atoms with Gasteiger partial charge >= 0.3 is 0 Å². The molecule has 31 heavy (non-hydrogen) atoms. The van der Waals surface area contributed by atoms with E-state index in [0.717, 1.165) is 5.56 Å². The number of carbonyl (C=O) groups excluding carboxylic acids is 2. The van der Waals surface area contributed by atoms with E-state index >= 15 is 0 Å². The first-order chi connectivity index (χ1) is 14.3. The second kappa shape index (κ2) is 10.6. The third kappa shape index (κ3) is 5.77. The van der Waals surface area contributed by atoms with Crippen molar-refractivity contribution in [1.29, 1.82) is 0 Å². The third-order valence-electron chi connectivity index (χ3n) is 5.08. The summed E-state index contributed by atoms with van der Waals surface area (Å²) in [6, 6.07) is 10.7. The number of nitrogens with zero attached hydrogens (tertiary/aromatic N) is 1. The van der Waals surface area contributed by atoms with Gasteiger partial charge in [0, 0.05) is 6.54 Å². The van der Waals surface area contributed by atoms with Gasteiger partial charge in [0.05, 0.1) is 28.2 Å². The van der Waals surface area contributed by atoms with E-state index < -0.39 is 23.6 Å². The topological polar surface area (TPSA) is 69.6 Å². The predicted octanol–water partition coefficient (Wildman–Crippen LogP) is 5.23. The van der Waals surface area contributed by atoms with Crippen LogP contribution in [-0.4, -0.2) is 34.9 Å². The first-order valence-corrected chi connectivity index (χ1v) is 10.2. The molecule has 1 atom stereocenters. The zero-order chi connectivity index (χ0) is 21.8. The highest BCUT2D eigenvalue weighted by Gasteiger charge is 2.36.